The van der Waals surface area contributed by atoms with Gasteiger partial charge in [-0.05, 0) is 0 Å². The van der Waals surface area contributed by atoms with Gasteiger partial charge >= 0.3 is 0 Å². The van der Waals surface area contributed by atoms with E-state index in [-0.39, 0.29) is 5.56 Å². The van der Waals surface area contributed by atoms with Gasteiger partial charge in [0.2, 0.25) is 0 Å². The van der Waals surface area contributed by atoms with E-state index in [1.807, 2.05) is 0 Å². The lowest BCUT2D eigenvalue weighted by atomic mass is 10.3. The molecule has 1 aromatic heterocycles. The number of H-pyrrole nitrogens is 2. The maximum atomic E-state index is 10.6. The predicted molar refractivity (Wildman–Crippen MR) is 34.0 cm³/mol. The van der Waals surface area contributed by atoms with E-state index in [9.17, 15) is 4.79 Å². The van der Waals surface area contributed by atoms with Crippen molar-refractivity contribution in [3.8, 4) is 12.3 Å². The summed E-state index contributed by atoms with van der Waals surface area (Å²) >= 11 is 0. The fraction of sp³-hybridized carbons (Fsp3) is 0.167. The predicted octanol–water partition coefficient (Wildman–Crippen LogP) is -0.121. The van der Waals surface area contributed by atoms with E-state index < -0.39 is 0 Å². The lowest BCUT2D eigenvalue weighted by Crippen LogP contribution is -2.03. The molecule has 46 valence electrons. The van der Waals surface area contributed by atoms with Gasteiger partial charge in [0.15, 0.2) is 0 Å². The third-order valence-corrected chi connectivity index (χ3v) is 1.02. The van der Waals surface area contributed by atoms with Crippen molar-refractivity contribution >= 4 is 0 Å². The van der Waals surface area contributed by atoms with Crippen LogP contribution in [-0.4, -0.2) is 10.2 Å². The Morgan fingerprint density at radius 3 is 3.00 bits per heavy atom. The fourth-order valence-corrected chi connectivity index (χ4v) is 0.576. The van der Waals surface area contributed by atoms with Gasteiger partial charge in [-0.1, -0.05) is 0 Å². The molecule has 0 aromatic carbocycles. The first kappa shape index (κ1) is 5.70. The third-order valence-electron chi connectivity index (χ3n) is 1.02. The Labute approximate surface area is 52.1 Å². The van der Waals surface area contributed by atoms with Gasteiger partial charge in [-0.3, -0.25) is 9.89 Å². The first-order chi connectivity index (χ1) is 4.34. The van der Waals surface area contributed by atoms with Crippen molar-refractivity contribution in [1.82, 2.24) is 10.2 Å². The maximum Gasteiger partial charge on any atom is 0.268 e. The van der Waals surface area contributed by atoms with E-state index in [0.29, 0.717) is 12.0 Å². The molecule has 3 heteroatoms. The molecule has 0 saturated carbocycles. The Morgan fingerprint density at radius 1 is 1.78 bits per heavy atom. The minimum Gasteiger partial charge on any atom is -0.305 e. The van der Waals surface area contributed by atoms with Crippen LogP contribution in [0.25, 0.3) is 0 Å². The zero-order valence-electron chi connectivity index (χ0n) is 4.77. The topological polar surface area (TPSA) is 48.6 Å². The number of hydrogen-bond donors (Lipinski definition) is 2. The second-order valence-electron chi connectivity index (χ2n) is 1.65. The maximum absolute atomic E-state index is 10.6. The Bertz CT molecular complexity index is 276. The average molecular weight is 122 g/mol. The quantitative estimate of drug-likeness (QED) is 0.501. The van der Waals surface area contributed by atoms with Crippen LogP contribution in [-0.2, 0) is 6.42 Å². The van der Waals surface area contributed by atoms with Crippen molar-refractivity contribution in [2.24, 2.45) is 0 Å². The van der Waals surface area contributed by atoms with Gasteiger partial charge in [-0.25, -0.2) is 0 Å². The SMILES string of the molecule is C#CCc1c[nH][nH]c1=O. The highest BCUT2D eigenvalue weighted by Gasteiger charge is 1.94. The molecule has 0 bridgehead atoms. The molecule has 0 fully saturated rings. The van der Waals surface area contributed by atoms with Crippen molar-refractivity contribution in [3.05, 3.63) is 22.1 Å². The molecule has 1 aromatic rings. The summed E-state index contributed by atoms with van der Waals surface area (Å²) < 4.78 is 0. The van der Waals surface area contributed by atoms with Crippen LogP contribution >= 0.6 is 0 Å². The molecule has 0 spiro atoms. The van der Waals surface area contributed by atoms with E-state index in [0.717, 1.165) is 0 Å². The number of rotatable bonds is 1. The summed E-state index contributed by atoms with van der Waals surface area (Å²) in [6, 6.07) is 0. The van der Waals surface area contributed by atoms with Crippen LogP contribution in [0.15, 0.2) is 11.0 Å². The van der Waals surface area contributed by atoms with Gasteiger partial charge in [0.25, 0.3) is 5.56 Å². The standard InChI is InChI=1S/C6H6N2O/c1-2-3-5-4-7-8-6(5)9/h1,4H,3H2,(H2,7,8,9). The zero-order valence-corrected chi connectivity index (χ0v) is 4.77. The molecule has 9 heavy (non-hydrogen) atoms. The van der Waals surface area contributed by atoms with Crippen LogP contribution in [0.1, 0.15) is 5.56 Å². The second-order valence-corrected chi connectivity index (χ2v) is 1.65. The molecule has 1 rings (SSSR count). The highest BCUT2D eigenvalue weighted by atomic mass is 16.1. The van der Waals surface area contributed by atoms with Gasteiger partial charge < -0.3 is 5.10 Å². The van der Waals surface area contributed by atoms with E-state index >= 15 is 0 Å². The van der Waals surface area contributed by atoms with Crippen LogP contribution in [0.4, 0.5) is 0 Å². The van der Waals surface area contributed by atoms with E-state index in [4.69, 9.17) is 6.42 Å². The third kappa shape index (κ3) is 1.03. The van der Waals surface area contributed by atoms with E-state index in [2.05, 4.69) is 16.1 Å². The van der Waals surface area contributed by atoms with Crippen molar-refractivity contribution in [2.45, 2.75) is 6.42 Å². The van der Waals surface area contributed by atoms with Crippen LogP contribution < -0.4 is 5.56 Å². The molecule has 0 aliphatic rings. The molecular weight excluding hydrogens is 116 g/mol. The van der Waals surface area contributed by atoms with E-state index in [1.54, 1.807) is 6.20 Å². The lowest BCUT2D eigenvalue weighted by molar-refractivity contribution is 1.05. The van der Waals surface area contributed by atoms with Crippen molar-refractivity contribution in [2.75, 3.05) is 0 Å². The van der Waals surface area contributed by atoms with Gasteiger partial charge in [0.1, 0.15) is 0 Å². The van der Waals surface area contributed by atoms with Crippen LogP contribution in [0, 0.1) is 12.3 Å². The Morgan fingerprint density at radius 2 is 2.56 bits per heavy atom. The minimum absolute atomic E-state index is 0.132. The molecule has 0 aliphatic carbocycles. The van der Waals surface area contributed by atoms with Gasteiger partial charge in [0, 0.05) is 18.2 Å². The van der Waals surface area contributed by atoms with Gasteiger partial charge in [-0.2, -0.15) is 0 Å². The van der Waals surface area contributed by atoms with Crippen molar-refractivity contribution in [1.29, 1.82) is 0 Å². The van der Waals surface area contributed by atoms with Crippen LogP contribution in [0.5, 0.6) is 0 Å². The molecule has 1 heterocycles. The highest BCUT2D eigenvalue weighted by molar-refractivity contribution is 5.10. The number of hydrogen-bond acceptors (Lipinski definition) is 1. The molecule has 3 nitrogen and oxygen atoms in total. The Kier molecular flexibility index (Phi) is 1.41. The molecule has 0 amide bonds. The summed E-state index contributed by atoms with van der Waals surface area (Å²) in [6.07, 6.45) is 6.93. The normalized spacial score (nSPS) is 8.78. The fourth-order valence-electron chi connectivity index (χ4n) is 0.576. The smallest absolute Gasteiger partial charge is 0.268 e. The summed E-state index contributed by atoms with van der Waals surface area (Å²) in [7, 11) is 0. The van der Waals surface area contributed by atoms with Gasteiger partial charge in [-0.15, -0.1) is 12.3 Å². The number of aromatic amines is 2. The van der Waals surface area contributed by atoms with Gasteiger partial charge in [0.05, 0.1) is 0 Å². The Balaban J connectivity index is 2.98. The average Bonchev–Trinajstić information content (AvgIpc) is 2.18. The van der Waals surface area contributed by atoms with Crippen LogP contribution in [0.2, 0.25) is 0 Å². The molecule has 0 radical (unpaired) electrons. The Hall–Kier alpha value is -1.43. The molecule has 0 saturated heterocycles. The molecule has 2 N–H and O–H groups in total. The van der Waals surface area contributed by atoms with E-state index in [1.165, 1.54) is 0 Å². The first-order valence-electron chi connectivity index (χ1n) is 2.53. The molecule has 0 unspecified atom stereocenters. The summed E-state index contributed by atoms with van der Waals surface area (Å²) in [6.45, 7) is 0. The minimum atomic E-state index is -0.132. The molecular formula is C6H6N2O. The van der Waals surface area contributed by atoms with Crippen LogP contribution in [0.3, 0.4) is 0 Å². The second kappa shape index (κ2) is 2.23. The zero-order chi connectivity index (χ0) is 6.69. The lowest BCUT2D eigenvalue weighted by Gasteiger charge is -1.76. The highest BCUT2D eigenvalue weighted by Crippen LogP contribution is 1.84. The van der Waals surface area contributed by atoms with Crippen molar-refractivity contribution < 1.29 is 0 Å². The summed E-state index contributed by atoms with van der Waals surface area (Å²) in [5.74, 6) is 2.37. The summed E-state index contributed by atoms with van der Waals surface area (Å²) in [5.41, 5.74) is 0.477. The first-order valence-corrected chi connectivity index (χ1v) is 2.53. The molecule has 0 atom stereocenters. The summed E-state index contributed by atoms with van der Waals surface area (Å²) in [4.78, 5) is 10.6. The van der Waals surface area contributed by atoms with Crippen molar-refractivity contribution in [3.63, 3.8) is 0 Å². The number of nitrogens with one attached hydrogen (secondary N) is 2. The number of terminal acetylenes is 1. The molecule has 0 aliphatic heterocycles. The largest absolute Gasteiger partial charge is 0.305 e. The monoisotopic (exact) mass is 122 g/mol. The number of aromatic nitrogens is 2. The summed E-state index contributed by atoms with van der Waals surface area (Å²) in [5, 5.41) is 4.93.